The van der Waals surface area contributed by atoms with Gasteiger partial charge in [-0.1, -0.05) is 65.7 Å². The molecule has 0 N–H and O–H groups in total. The van der Waals surface area contributed by atoms with E-state index in [4.69, 9.17) is 23.2 Å². The van der Waals surface area contributed by atoms with Crippen LogP contribution >= 0.6 is 23.2 Å². The van der Waals surface area contributed by atoms with Crippen LogP contribution in [-0.4, -0.2) is 43.6 Å². The average Bonchev–Trinajstić information content (AvgIpc) is 3.17. The second-order valence-electron chi connectivity index (χ2n) is 7.65. The lowest BCUT2D eigenvalue weighted by atomic mass is 9.89. The maximum atomic E-state index is 13.9. The van der Waals surface area contributed by atoms with Crippen LogP contribution in [-0.2, 0) is 10.0 Å². The minimum absolute atomic E-state index is 0.0770. The van der Waals surface area contributed by atoms with E-state index in [-0.39, 0.29) is 10.8 Å². The maximum Gasteiger partial charge on any atom is 0.257 e. The highest BCUT2D eigenvalue weighted by molar-refractivity contribution is 7.89. The van der Waals surface area contributed by atoms with Crippen LogP contribution in [0.5, 0.6) is 0 Å². The summed E-state index contributed by atoms with van der Waals surface area (Å²) >= 11 is 12.1. The van der Waals surface area contributed by atoms with Crippen LogP contribution in [0.1, 0.15) is 23.1 Å². The molecular formula is C23H23Cl2N3O2S. The van der Waals surface area contributed by atoms with Gasteiger partial charge in [0.25, 0.3) is 10.0 Å². The third-order valence-corrected chi connectivity index (χ3v) is 7.75. The molecule has 0 aliphatic carbocycles. The molecule has 8 heteroatoms. The molecule has 0 saturated carbocycles. The lowest BCUT2D eigenvalue weighted by Gasteiger charge is -2.35. The van der Waals surface area contributed by atoms with Crippen molar-refractivity contribution in [1.29, 1.82) is 0 Å². The zero-order valence-electron chi connectivity index (χ0n) is 17.2. The smallest absolute Gasteiger partial charge is 0.233 e. The topological polar surface area (TPSA) is 43.9 Å². The summed E-state index contributed by atoms with van der Waals surface area (Å²) in [7, 11) is -0.184. The van der Waals surface area contributed by atoms with Gasteiger partial charge in [0.2, 0.25) is 0 Å². The van der Waals surface area contributed by atoms with E-state index in [2.05, 4.69) is 0 Å². The van der Waals surface area contributed by atoms with E-state index in [9.17, 15) is 8.42 Å². The van der Waals surface area contributed by atoms with Gasteiger partial charge in [-0.3, -0.25) is 0 Å². The van der Waals surface area contributed by atoms with Crippen molar-refractivity contribution in [1.82, 2.24) is 14.5 Å². The molecular weight excluding hydrogens is 453 g/mol. The molecule has 31 heavy (non-hydrogen) atoms. The van der Waals surface area contributed by atoms with Crippen molar-refractivity contribution in [2.24, 2.45) is 0 Å². The average molecular weight is 476 g/mol. The number of halogens is 2. The summed E-state index contributed by atoms with van der Waals surface area (Å²) in [6.07, 6.45) is 0. The van der Waals surface area contributed by atoms with E-state index in [0.717, 1.165) is 11.1 Å². The number of nitrogens with zero attached hydrogens (tertiary/aromatic N) is 3. The van der Waals surface area contributed by atoms with Gasteiger partial charge in [-0.2, -0.15) is 5.12 Å². The van der Waals surface area contributed by atoms with E-state index in [1.54, 1.807) is 46.5 Å². The fourth-order valence-electron chi connectivity index (χ4n) is 3.99. The molecule has 0 bridgehead atoms. The third-order valence-electron chi connectivity index (χ3n) is 5.47. The van der Waals surface area contributed by atoms with Crippen molar-refractivity contribution in [2.45, 2.75) is 16.9 Å². The summed E-state index contributed by atoms with van der Waals surface area (Å²) < 4.78 is 29.2. The summed E-state index contributed by atoms with van der Waals surface area (Å²) in [5, 5.41) is 4.68. The molecule has 0 amide bonds. The summed E-state index contributed by atoms with van der Waals surface area (Å²) in [4.78, 5) is 0.191. The number of hydrogen-bond donors (Lipinski definition) is 0. The Morgan fingerprint density at radius 2 is 1.35 bits per heavy atom. The maximum absolute atomic E-state index is 13.9. The zero-order valence-corrected chi connectivity index (χ0v) is 19.5. The molecule has 4 rings (SSSR count). The lowest BCUT2D eigenvalue weighted by Crippen LogP contribution is -2.48. The van der Waals surface area contributed by atoms with Gasteiger partial charge >= 0.3 is 0 Å². The molecule has 1 saturated heterocycles. The van der Waals surface area contributed by atoms with Crippen LogP contribution in [0, 0.1) is 0 Å². The second-order valence-corrected chi connectivity index (χ2v) is 10.3. The molecule has 1 fully saturated rings. The van der Waals surface area contributed by atoms with E-state index < -0.39 is 16.1 Å². The number of rotatable bonds is 5. The van der Waals surface area contributed by atoms with Gasteiger partial charge in [0.1, 0.15) is 0 Å². The Labute approximate surface area is 193 Å². The first-order valence-corrected chi connectivity index (χ1v) is 12.0. The molecule has 3 aromatic rings. The third kappa shape index (κ3) is 4.37. The van der Waals surface area contributed by atoms with E-state index in [0.29, 0.717) is 16.6 Å². The Morgan fingerprint density at radius 1 is 0.806 bits per heavy atom. The number of sulfonamides is 1. The fourth-order valence-corrected chi connectivity index (χ4v) is 5.97. The standard InChI is InChI=1S/C23H23Cl2N3O2S/c1-26(2)27-16-22(17-6-4-3-5-7-17)23(18-8-10-19(24)11-9-18)28(27)31(29,30)21-14-12-20(25)13-15-21/h3-15,22-23H,16H2,1-2H3. The SMILES string of the molecule is CN(C)N1CC(c2ccccc2)C(c2ccc(Cl)cc2)N1S(=O)(=O)c1ccc(Cl)cc1. The number of benzene rings is 3. The molecule has 0 radical (unpaired) electrons. The first-order chi connectivity index (χ1) is 14.8. The van der Waals surface area contributed by atoms with Gasteiger partial charge in [-0.15, -0.1) is 4.41 Å². The molecule has 2 atom stereocenters. The molecule has 2 unspecified atom stereocenters. The van der Waals surface area contributed by atoms with Gasteiger partial charge in [0.05, 0.1) is 10.9 Å². The molecule has 5 nitrogen and oxygen atoms in total. The van der Waals surface area contributed by atoms with Crippen molar-refractivity contribution < 1.29 is 8.42 Å². The largest absolute Gasteiger partial charge is 0.257 e. The lowest BCUT2D eigenvalue weighted by molar-refractivity contribution is -0.0847. The first kappa shape index (κ1) is 22.3. The van der Waals surface area contributed by atoms with Crippen LogP contribution < -0.4 is 0 Å². The normalized spacial score (nSPS) is 20.4. The van der Waals surface area contributed by atoms with Crippen molar-refractivity contribution in [3.05, 3.63) is 100 Å². The van der Waals surface area contributed by atoms with Gasteiger partial charge < -0.3 is 0 Å². The predicted molar refractivity (Wildman–Crippen MR) is 124 cm³/mol. The minimum Gasteiger partial charge on any atom is -0.233 e. The summed E-state index contributed by atoms with van der Waals surface area (Å²) in [6, 6.07) is 23.2. The molecule has 1 heterocycles. The molecule has 0 spiro atoms. The molecule has 3 aromatic carbocycles. The van der Waals surface area contributed by atoms with Crippen molar-refractivity contribution in [3.8, 4) is 0 Å². The van der Waals surface area contributed by atoms with Gasteiger partial charge in [-0.05, 0) is 47.5 Å². The van der Waals surface area contributed by atoms with Crippen LogP contribution in [0.25, 0.3) is 0 Å². The molecule has 0 aromatic heterocycles. The molecule has 162 valence electrons. The van der Waals surface area contributed by atoms with Gasteiger partial charge in [-0.25, -0.2) is 13.4 Å². The van der Waals surface area contributed by atoms with Crippen LogP contribution in [0.2, 0.25) is 10.0 Å². The minimum atomic E-state index is -3.87. The summed E-state index contributed by atoms with van der Waals surface area (Å²) in [5.41, 5.74) is 1.95. The monoisotopic (exact) mass is 475 g/mol. The predicted octanol–water partition coefficient (Wildman–Crippen LogP) is 5.22. The Morgan fingerprint density at radius 3 is 1.90 bits per heavy atom. The Hall–Kier alpha value is -1.93. The second kappa shape index (κ2) is 8.90. The molecule has 1 aliphatic rings. The van der Waals surface area contributed by atoms with Crippen LogP contribution in [0.15, 0.2) is 83.8 Å². The van der Waals surface area contributed by atoms with E-state index in [1.165, 1.54) is 4.41 Å². The Bertz CT molecular complexity index is 1140. The Balaban J connectivity index is 1.89. The fraction of sp³-hybridized carbons (Fsp3) is 0.217. The zero-order chi connectivity index (χ0) is 22.2. The first-order valence-electron chi connectivity index (χ1n) is 9.84. The highest BCUT2D eigenvalue weighted by Crippen LogP contribution is 2.46. The van der Waals surface area contributed by atoms with Crippen molar-refractivity contribution in [3.63, 3.8) is 0 Å². The van der Waals surface area contributed by atoms with Gasteiger partial charge in [0, 0.05) is 36.6 Å². The van der Waals surface area contributed by atoms with E-state index in [1.807, 2.05) is 56.6 Å². The molecule has 1 aliphatic heterocycles. The summed E-state index contributed by atoms with van der Waals surface area (Å²) in [5.74, 6) is -0.0770. The number of hydrogen-bond acceptors (Lipinski definition) is 4. The highest BCUT2D eigenvalue weighted by atomic mass is 35.5. The highest BCUT2D eigenvalue weighted by Gasteiger charge is 2.49. The van der Waals surface area contributed by atoms with Crippen molar-refractivity contribution >= 4 is 33.2 Å². The van der Waals surface area contributed by atoms with Crippen LogP contribution in [0.3, 0.4) is 0 Å². The number of hydrazine groups is 2. The van der Waals surface area contributed by atoms with Gasteiger partial charge in [0.15, 0.2) is 0 Å². The quantitative estimate of drug-likeness (QED) is 0.507. The van der Waals surface area contributed by atoms with Crippen molar-refractivity contribution in [2.75, 3.05) is 20.6 Å². The van der Waals surface area contributed by atoms with Crippen LogP contribution in [0.4, 0.5) is 0 Å². The summed E-state index contributed by atoms with van der Waals surface area (Å²) in [6.45, 7) is 0.511. The Kier molecular flexibility index (Phi) is 6.40. The van der Waals surface area contributed by atoms with E-state index >= 15 is 0 Å².